The third-order valence-corrected chi connectivity index (χ3v) is 5.47. The first-order valence-corrected chi connectivity index (χ1v) is 9.26. The first-order valence-electron chi connectivity index (χ1n) is 8.38. The lowest BCUT2D eigenvalue weighted by atomic mass is 10.1. The van der Waals surface area contributed by atoms with Crippen molar-refractivity contribution in [3.05, 3.63) is 57.0 Å². The van der Waals surface area contributed by atoms with Crippen LogP contribution in [0.5, 0.6) is 0 Å². The standard InChI is InChI=1S/C19H21FN2O2S/c1-3-16-12(2)25-11-17(16)19(24)21-15-8-18(23)22(10-15)9-13-5-4-6-14(20)7-13/h4-7,11,15H,3,8-10H2,1-2H3,(H,21,24). The van der Waals surface area contributed by atoms with Gasteiger partial charge in [0.25, 0.3) is 5.91 Å². The van der Waals surface area contributed by atoms with Gasteiger partial charge in [-0.1, -0.05) is 19.1 Å². The number of thiophene rings is 1. The van der Waals surface area contributed by atoms with E-state index in [0.717, 1.165) is 22.4 Å². The van der Waals surface area contributed by atoms with E-state index in [9.17, 15) is 14.0 Å². The van der Waals surface area contributed by atoms with Crippen LogP contribution in [0, 0.1) is 12.7 Å². The molecule has 1 aromatic heterocycles. The molecule has 2 amide bonds. The second kappa shape index (κ2) is 7.35. The number of hydrogen-bond donors (Lipinski definition) is 1. The highest BCUT2D eigenvalue weighted by molar-refractivity contribution is 7.10. The topological polar surface area (TPSA) is 49.4 Å². The molecule has 1 aliphatic heterocycles. The third-order valence-electron chi connectivity index (χ3n) is 4.51. The highest BCUT2D eigenvalue weighted by Gasteiger charge is 2.31. The van der Waals surface area contributed by atoms with E-state index in [1.54, 1.807) is 28.4 Å². The number of rotatable bonds is 5. The lowest BCUT2D eigenvalue weighted by molar-refractivity contribution is -0.128. The number of carbonyl (C=O) groups excluding carboxylic acids is 2. The van der Waals surface area contributed by atoms with Crippen LogP contribution >= 0.6 is 11.3 Å². The molecule has 4 nitrogen and oxygen atoms in total. The van der Waals surface area contributed by atoms with Crippen molar-refractivity contribution in [1.29, 1.82) is 0 Å². The molecule has 0 aliphatic carbocycles. The summed E-state index contributed by atoms with van der Waals surface area (Å²) in [5.74, 6) is -0.452. The summed E-state index contributed by atoms with van der Waals surface area (Å²) >= 11 is 1.57. The predicted molar refractivity (Wildman–Crippen MR) is 96.1 cm³/mol. The van der Waals surface area contributed by atoms with Gasteiger partial charge >= 0.3 is 0 Å². The molecule has 1 saturated heterocycles. The Balaban J connectivity index is 1.63. The van der Waals surface area contributed by atoms with Crippen LogP contribution in [0.1, 0.15) is 39.7 Å². The van der Waals surface area contributed by atoms with E-state index in [0.29, 0.717) is 18.7 Å². The maximum atomic E-state index is 13.3. The predicted octanol–water partition coefficient (Wildman–Crippen LogP) is 3.29. The van der Waals surface area contributed by atoms with Crippen molar-refractivity contribution in [1.82, 2.24) is 10.2 Å². The molecule has 6 heteroatoms. The minimum Gasteiger partial charge on any atom is -0.347 e. The maximum absolute atomic E-state index is 13.3. The quantitative estimate of drug-likeness (QED) is 0.889. The number of halogens is 1. The van der Waals surface area contributed by atoms with E-state index in [2.05, 4.69) is 5.32 Å². The Kier molecular flexibility index (Phi) is 5.18. The second-order valence-corrected chi connectivity index (χ2v) is 7.40. The van der Waals surface area contributed by atoms with Crippen molar-refractivity contribution in [2.75, 3.05) is 6.54 Å². The molecule has 1 atom stereocenters. The van der Waals surface area contributed by atoms with Gasteiger partial charge in [0.15, 0.2) is 0 Å². The van der Waals surface area contributed by atoms with Crippen LogP contribution in [0.2, 0.25) is 0 Å². The number of nitrogens with zero attached hydrogens (tertiary/aromatic N) is 1. The van der Waals surface area contributed by atoms with Gasteiger partial charge in [0.1, 0.15) is 5.82 Å². The van der Waals surface area contributed by atoms with Crippen molar-refractivity contribution in [3.8, 4) is 0 Å². The van der Waals surface area contributed by atoms with Gasteiger partial charge in [-0.05, 0) is 36.6 Å². The minimum atomic E-state index is -0.311. The van der Waals surface area contributed by atoms with Gasteiger partial charge in [0.05, 0.1) is 11.6 Å². The highest BCUT2D eigenvalue weighted by Crippen LogP contribution is 2.23. The molecule has 0 spiro atoms. The Hall–Kier alpha value is -2.21. The molecule has 3 rings (SSSR count). The average molecular weight is 360 g/mol. The van der Waals surface area contributed by atoms with Crippen molar-refractivity contribution in [2.24, 2.45) is 0 Å². The maximum Gasteiger partial charge on any atom is 0.252 e. The van der Waals surface area contributed by atoms with Crippen LogP contribution < -0.4 is 5.32 Å². The fourth-order valence-electron chi connectivity index (χ4n) is 3.25. The Morgan fingerprint density at radius 1 is 1.44 bits per heavy atom. The molecule has 0 radical (unpaired) electrons. The summed E-state index contributed by atoms with van der Waals surface area (Å²) in [5.41, 5.74) is 2.53. The summed E-state index contributed by atoms with van der Waals surface area (Å²) in [4.78, 5) is 27.5. The summed E-state index contributed by atoms with van der Waals surface area (Å²) in [6, 6.07) is 6.03. The molecule has 2 aromatic rings. The van der Waals surface area contributed by atoms with E-state index in [4.69, 9.17) is 0 Å². The van der Waals surface area contributed by atoms with Gasteiger partial charge in [-0.15, -0.1) is 11.3 Å². The van der Waals surface area contributed by atoms with Crippen molar-refractivity contribution < 1.29 is 14.0 Å². The van der Waals surface area contributed by atoms with Crippen molar-refractivity contribution in [3.63, 3.8) is 0 Å². The summed E-state index contributed by atoms with van der Waals surface area (Å²) in [6.07, 6.45) is 1.10. The monoisotopic (exact) mass is 360 g/mol. The summed E-state index contributed by atoms with van der Waals surface area (Å²) in [6.45, 7) is 4.86. The van der Waals surface area contributed by atoms with E-state index < -0.39 is 0 Å². The summed E-state index contributed by atoms with van der Waals surface area (Å²) < 4.78 is 13.3. The Morgan fingerprint density at radius 3 is 2.96 bits per heavy atom. The van der Waals surface area contributed by atoms with E-state index >= 15 is 0 Å². The van der Waals surface area contributed by atoms with Crippen LogP contribution in [0.15, 0.2) is 29.6 Å². The average Bonchev–Trinajstić information content (AvgIpc) is 3.10. The SMILES string of the molecule is CCc1c(C(=O)NC2CC(=O)N(Cc3cccc(F)c3)C2)csc1C. The van der Waals surface area contributed by atoms with Crippen LogP contribution in [-0.4, -0.2) is 29.3 Å². The number of amides is 2. The molecule has 132 valence electrons. The van der Waals surface area contributed by atoms with E-state index in [1.165, 1.54) is 12.1 Å². The molecule has 0 bridgehead atoms. The summed E-state index contributed by atoms with van der Waals surface area (Å²) in [5, 5.41) is 4.85. The summed E-state index contributed by atoms with van der Waals surface area (Å²) in [7, 11) is 0. The zero-order valence-electron chi connectivity index (χ0n) is 14.3. The molecule has 0 saturated carbocycles. The minimum absolute atomic E-state index is 0.0215. The van der Waals surface area contributed by atoms with E-state index in [1.807, 2.05) is 19.2 Å². The van der Waals surface area contributed by atoms with Crippen LogP contribution in [0.4, 0.5) is 4.39 Å². The van der Waals surface area contributed by atoms with Gasteiger partial charge < -0.3 is 10.2 Å². The Labute approximate surface area is 150 Å². The van der Waals surface area contributed by atoms with Crippen molar-refractivity contribution >= 4 is 23.2 Å². The number of hydrogen-bond acceptors (Lipinski definition) is 3. The van der Waals surface area contributed by atoms with Gasteiger partial charge in [0.2, 0.25) is 5.91 Å². The first kappa shape index (κ1) is 17.6. The number of likely N-dealkylation sites (tertiary alicyclic amines) is 1. The molecular weight excluding hydrogens is 339 g/mol. The van der Waals surface area contributed by atoms with Gasteiger partial charge in [-0.3, -0.25) is 9.59 Å². The smallest absolute Gasteiger partial charge is 0.252 e. The normalized spacial score (nSPS) is 17.2. The number of benzene rings is 1. The zero-order chi connectivity index (χ0) is 18.0. The number of aryl methyl sites for hydroxylation is 1. The molecule has 1 N–H and O–H groups in total. The molecule has 1 unspecified atom stereocenters. The molecule has 1 fully saturated rings. The fraction of sp³-hybridized carbons (Fsp3) is 0.368. The van der Waals surface area contributed by atoms with Crippen molar-refractivity contribution in [2.45, 2.75) is 39.3 Å². The molecular formula is C19H21FN2O2S. The Morgan fingerprint density at radius 2 is 2.24 bits per heavy atom. The number of carbonyl (C=O) groups is 2. The van der Waals surface area contributed by atoms with Crippen LogP contribution in [-0.2, 0) is 17.8 Å². The fourth-order valence-corrected chi connectivity index (χ4v) is 4.19. The van der Waals surface area contributed by atoms with Gasteiger partial charge in [-0.25, -0.2) is 4.39 Å². The molecule has 25 heavy (non-hydrogen) atoms. The lowest BCUT2D eigenvalue weighted by Gasteiger charge is -2.17. The molecule has 2 heterocycles. The van der Waals surface area contributed by atoms with Gasteiger partial charge in [-0.2, -0.15) is 0 Å². The van der Waals surface area contributed by atoms with Gasteiger partial charge in [0, 0.05) is 29.8 Å². The highest BCUT2D eigenvalue weighted by atomic mass is 32.1. The molecule has 1 aliphatic rings. The second-order valence-electron chi connectivity index (χ2n) is 6.32. The van der Waals surface area contributed by atoms with Crippen LogP contribution in [0.25, 0.3) is 0 Å². The van der Waals surface area contributed by atoms with Crippen LogP contribution in [0.3, 0.4) is 0 Å². The third kappa shape index (κ3) is 3.90. The molecule has 1 aromatic carbocycles. The first-order chi connectivity index (χ1) is 12.0. The lowest BCUT2D eigenvalue weighted by Crippen LogP contribution is -2.37. The largest absolute Gasteiger partial charge is 0.347 e. The van der Waals surface area contributed by atoms with E-state index in [-0.39, 0.29) is 30.1 Å². The Bertz CT molecular complexity index is 802. The number of nitrogens with one attached hydrogen (secondary N) is 1. The zero-order valence-corrected chi connectivity index (χ0v) is 15.2.